The Morgan fingerprint density at radius 2 is 1.89 bits per heavy atom. The van der Waals surface area contributed by atoms with Crippen LogP contribution in [0.2, 0.25) is 0 Å². The van der Waals surface area contributed by atoms with Gasteiger partial charge in [-0.25, -0.2) is 4.79 Å². The van der Waals surface area contributed by atoms with Gasteiger partial charge in [0, 0.05) is 13.6 Å². The van der Waals surface area contributed by atoms with Gasteiger partial charge in [-0.3, -0.25) is 14.5 Å². The number of nitrogens with zero attached hydrogens (tertiary/aromatic N) is 3. The molecular formula is C21H20N4O3. The number of nitrogens with one attached hydrogen (secondary N) is 1. The zero-order chi connectivity index (χ0) is 20.3. The Bertz CT molecular complexity index is 967. The van der Waals surface area contributed by atoms with E-state index < -0.39 is 17.5 Å². The number of urea groups is 1. The minimum Gasteiger partial charge on any atom is -0.340 e. The third-order valence-corrected chi connectivity index (χ3v) is 4.83. The number of likely N-dealkylation sites (N-methyl/N-ethyl adjacent to an activating group) is 1. The summed E-state index contributed by atoms with van der Waals surface area (Å²) in [4.78, 5) is 40.3. The Morgan fingerprint density at radius 3 is 2.57 bits per heavy atom. The Labute approximate surface area is 163 Å². The number of imide groups is 1. The van der Waals surface area contributed by atoms with Crippen LogP contribution in [0.15, 0.2) is 54.6 Å². The number of benzene rings is 2. The highest BCUT2D eigenvalue weighted by atomic mass is 16.2. The molecule has 142 valence electrons. The van der Waals surface area contributed by atoms with Gasteiger partial charge in [-0.2, -0.15) is 5.26 Å². The van der Waals surface area contributed by atoms with E-state index in [1.165, 1.54) is 4.90 Å². The first-order valence-electron chi connectivity index (χ1n) is 8.78. The lowest BCUT2D eigenvalue weighted by Gasteiger charge is -2.23. The van der Waals surface area contributed by atoms with Crippen LogP contribution >= 0.6 is 0 Å². The summed E-state index contributed by atoms with van der Waals surface area (Å²) >= 11 is 0. The average Bonchev–Trinajstić information content (AvgIpc) is 2.92. The molecule has 1 heterocycles. The van der Waals surface area contributed by atoms with E-state index in [-0.39, 0.29) is 12.5 Å². The Balaban J connectivity index is 1.74. The van der Waals surface area contributed by atoms with E-state index in [9.17, 15) is 14.4 Å². The van der Waals surface area contributed by atoms with E-state index in [1.807, 2.05) is 36.4 Å². The van der Waals surface area contributed by atoms with Crippen molar-refractivity contribution < 1.29 is 14.4 Å². The Kier molecular flexibility index (Phi) is 5.14. The average molecular weight is 376 g/mol. The topological polar surface area (TPSA) is 93.5 Å². The van der Waals surface area contributed by atoms with Crippen molar-refractivity contribution in [3.8, 4) is 6.07 Å². The summed E-state index contributed by atoms with van der Waals surface area (Å²) in [7, 11) is 1.63. The molecule has 7 heteroatoms. The molecule has 1 fully saturated rings. The molecule has 0 aliphatic carbocycles. The predicted molar refractivity (Wildman–Crippen MR) is 102 cm³/mol. The molecule has 0 aromatic heterocycles. The second-order valence-corrected chi connectivity index (χ2v) is 6.87. The number of rotatable bonds is 5. The van der Waals surface area contributed by atoms with E-state index >= 15 is 0 Å². The standard InChI is InChI=1S/C21H20N4O3/c1-21(17-10-6-9-16(11-17)12-22)19(27)25(20(28)23-21)14-18(26)24(2)13-15-7-4-3-5-8-15/h3-11H,13-14H2,1-2H3,(H,23,28). The molecule has 0 saturated carbocycles. The largest absolute Gasteiger partial charge is 0.340 e. The van der Waals surface area contributed by atoms with Crippen LogP contribution in [0.1, 0.15) is 23.6 Å². The molecule has 0 bridgehead atoms. The Hall–Kier alpha value is -3.66. The van der Waals surface area contributed by atoms with Gasteiger partial charge in [-0.05, 0) is 30.2 Å². The number of hydrogen-bond acceptors (Lipinski definition) is 4. The van der Waals surface area contributed by atoms with Gasteiger partial charge in [-0.1, -0.05) is 42.5 Å². The summed E-state index contributed by atoms with van der Waals surface area (Å²) in [5, 5.41) is 11.7. The predicted octanol–water partition coefficient (Wildman–Crippen LogP) is 1.98. The molecule has 1 aliphatic heterocycles. The number of carbonyl (C=O) groups is 3. The molecule has 1 atom stereocenters. The fourth-order valence-corrected chi connectivity index (χ4v) is 3.14. The van der Waals surface area contributed by atoms with Crippen LogP contribution in [0.5, 0.6) is 0 Å². The van der Waals surface area contributed by atoms with Crippen LogP contribution in [0.25, 0.3) is 0 Å². The van der Waals surface area contributed by atoms with E-state index in [4.69, 9.17) is 5.26 Å². The summed E-state index contributed by atoms with van der Waals surface area (Å²) in [6, 6.07) is 17.3. The van der Waals surface area contributed by atoms with Gasteiger partial charge in [0.1, 0.15) is 12.1 Å². The highest BCUT2D eigenvalue weighted by Gasteiger charge is 2.49. The minimum atomic E-state index is -1.32. The van der Waals surface area contributed by atoms with Crippen molar-refractivity contribution in [2.24, 2.45) is 0 Å². The highest BCUT2D eigenvalue weighted by Crippen LogP contribution is 2.29. The molecule has 0 spiro atoms. The van der Waals surface area contributed by atoms with E-state index in [0.717, 1.165) is 10.5 Å². The number of nitriles is 1. The molecule has 4 amide bonds. The van der Waals surface area contributed by atoms with Gasteiger partial charge >= 0.3 is 6.03 Å². The molecule has 1 aliphatic rings. The fraction of sp³-hybridized carbons (Fsp3) is 0.238. The smallest absolute Gasteiger partial charge is 0.325 e. The molecule has 7 nitrogen and oxygen atoms in total. The molecule has 1 saturated heterocycles. The second kappa shape index (κ2) is 7.53. The van der Waals surface area contributed by atoms with Crippen molar-refractivity contribution in [1.82, 2.24) is 15.1 Å². The van der Waals surface area contributed by atoms with Crippen molar-refractivity contribution >= 4 is 17.8 Å². The molecule has 0 radical (unpaired) electrons. The van der Waals surface area contributed by atoms with Gasteiger partial charge in [0.15, 0.2) is 0 Å². The van der Waals surface area contributed by atoms with Crippen LogP contribution in [0, 0.1) is 11.3 Å². The molecule has 1 unspecified atom stereocenters. The fourth-order valence-electron chi connectivity index (χ4n) is 3.14. The number of amides is 4. The summed E-state index contributed by atoms with van der Waals surface area (Å²) in [5.41, 5.74) is 0.520. The van der Waals surface area contributed by atoms with Crippen molar-refractivity contribution in [2.75, 3.05) is 13.6 Å². The van der Waals surface area contributed by atoms with E-state index in [1.54, 1.807) is 38.2 Å². The molecule has 2 aromatic rings. The zero-order valence-corrected chi connectivity index (χ0v) is 15.7. The minimum absolute atomic E-state index is 0.345. The third-order valence-electron chi connectivity index (χ3n) is 4.83. The maximum atomic E-state index is 12.9. The number of carbonyl (C=O) groups excluding carboxylic acids is 3. The second-order valence-electron chi connectivity index (χ2n) is 6.87. The lowest BCUT2D eigenvalue weighted by atomic mass is 9.91. The van der Waals surface area contributed by atoms with E-state index in [0.29, 0.717) is 17.7 Å². The molecule has 1 N–H and O–H groups in total. The summed E-state index contributed by atoms with van der Waals surface area (Å²) in [6.07, 6.45) is 0. The molecular weight excluding hydrogens is 356 g/mol. The number of hydrogen-bond donors (Lipinski definition) is 1. The summed E-state index contributed by atoms with van der Waals surface area (Å²) in [6.45, 7) is 1.61. The van der Waals surface area contributed by atoms with Crippen LogP contribution in [0.3, 0.4) is 0 Å². The van der Waals surface area contributed by atoms with Gasteiger partial charge < -0.3 is 10.2 Å². The van der Waals surface area contributed by atoms with Crippen LogP contribution in [-0.2, 0) is 21.7 Å². The normalized spacial score (nSPS) is 18.5. The monoisotopic (exact) mass is 376 g/mol. The maximum Gasteiger partial charge on any atom is 0.325 e. The van der Waals surface area contributed by atoms with Gasteiger partial charge in [0.2, 0.25) is 5.91 Å². The first kappa shape index (κ1) is 19.1. The summed E-state index contributed by atoms with van der Waals surface area (Å²) < 4.78 is 0. The van der Waals surface area contributed by atoms with Crippen molar-refractivity contribution in [3.05, 3.63) is 71.3 Å². The third kappa shape index (κ3) is 3.58. The zero-order valence-electron chi connectivity index (χ0n) is 15.7. The van der Waals surface area contributed by atoms with Crippen molar-refractivity contribution in [3.63, 3.8) is 0 Å². The molecule has 2 aromatic carbocycles. The van der Waals surface area contributed by atoms with Crippen LogP contribution < -0.4 is 5.32 Å². The Morgan fingerprint density at radius 1 is 1.18 bits per heavy atom. The quantitative estimate of drug-likeness (QED) is 0.808. The van der Waals surface area contributed by atoms with Gasteiger partial charge in [0.05, 0.1) is 11.6 Å². The highest BCUT2D eigenvalue weighted by molar-refractivity contribution is 6.09. The van der Waals surface area contributed by atoms with Crippen molar-refractivity contribution in [2.45, 2.75) is 19.0 Å². The van der Waals surface area contributed by atoms with E-state index in [2.05, 4.69) is 5.32 Å². The maximum absolute atomic E-state index is 12.9. The SMILES string of the molecule is CN(Cc1ccccc1)C(=O)CN1C(=O)NC(C)(c2cccc(C#N)c2)C1=O. The summed E-state index contributed by atoms with van der Waals surface area (Å²) in [5.74, 6) is -0.864. The molecule has 28 heavy (non-hydrogen) atoms. The van der Waals surface area contributed by atoms with Crippen molar-refractivity contribution in [1.29, 1.82) is 5.26 Å². The van der Waals surface area contributed by atoms with Gasteiger partial charge in [-0.15, -0.1) is 0 Å². The first-order valence-corrected chi connectivity index (χ1v) is 8.78. The lowest BCUT2D eigenvalue weighted by Crippen LogP contribution is -2.43. The molecule has 3 rings (SSSR count). The van der Waals surface area contributed by atoms with Gasteiger partial charge in [0.25, 0.3) is 5.91 Å². The van der Waals surface area contributed by atoms with Crippen LogP contribution in [0.4, 0.5) is 4.79 Å². The van der Waals surface area contributed by atoms with Crippen LogP contribution in [-0.4, -0.2) is 41.2 Å². The lowest BCUT2D eigenvalue weighted by molar-refractivity contribution is -0.138. The first-order chi connectivity index (χ1) is 13.3.